The first kappa shape index (κ1) is 32.3. The van der Waals surface area contributed by atoms with Crippen LogP contribution >= 0.6 is 0 Å². The quantitative estimate of drug-likeness (QED) is 0.330. The SMILES string of the molecule is CC12CCCN1N(Cc1c(F)cc(F)cc1F)C(O)C(C(=O)Nc1ccc(C(F)(F)F)cc1C1=NCNC(C(F)(F)F)=C1)=C2O. The molecule has 5 rings (SSSR count). The van der Waals surface area contributed by atoms with E-state index in [9.17, 15) is 54.5 Å². The summed E-state index contributed by atoms with van der Waals surface area (Å²) >= 11 is 0. The van der Waals surface area contributed by atoms with E-state index in [-0.39, 0.29) is 13.0 Å². The fraction of sp³-hybridized carbons (Fsp3) is 0.357. The Morgan fingerprint density at radius 2 is 1.76 bits per heavy atom. The van der Waals surface area contributed by atoms with Crippen molar-refractivity contribution in [3.05, 3.63) is 87.6 Å². The minimum atomic E-state index is -4.92. The summed E-state index contributed by atoms with van der Waals surface area (Å²) in [5, 5.41) is 29.1. The molecule has 1 amide bonds. The summed E-state index contributed by atoms with van der Waals surface area (Å²) in [6.45, 7) is 0.283. The van der Waals surface area contributed by atoms with Crippen molar-refractivity contribution >= 4 is 17.3 Å². The molecule has 3 aliphatic heterocycles. The number of alkyl halides is 6. The highest BCUT2D eigenvalue weighted by atomic mass is 19.4. The van der Waals surface area contributed by atoms with Gasteiger partial charge in [-0.3, -0.25) is 9.79 Å². The molecule has 1 fully saturated rings. The molecule has 0 aliphatic carbocycles. The van der Waals surface area contributed by atoms with E-state index in [0.717, 1.165) is 11.1 Å². The van der Waals surface area contributed by atoms with Crippen LogP contribution in [-0.4, -0.2) is 63.0 Å². The number of aliphatic hydroxyl groups excluding tert-OH is 2. The molecule has 3 aliphatic rings. The number of carbonyl (C=O) groups excluding carboxylic acids is 1. The molecule has 2 aromatic carbocycles. The summed E-state index contributed by atoms with van der Waals surface area (Å²) in [5.74, 6) is -5.68. The molecule has 8 nitrogen and oxygen atoms in total. The smallest absolute Gasteiger partial charge is 0.431 e. The van der Waals surface area contributed by atoms with Crippen LogP contribution < -0.4 is 10.6 Å². The van der Waals surface area contributed by atoms with Crippen molar-refractivity contribution in [3.63, 3.8) is 0 Å². The van der Waals surface area contributed by atoms with Gasteiger partial charge in [0, 0.05) is 36.3 Å². The van der Waals surface area contributed by atoms with E-state index in [1.54, 1.807) is 0 Å². The van der Waals surface area contributed by atoms with Crippen LogP contribution in [0.25, 0.3) is 0 Å². The molecule has 2 unspecified atom stereocenters. The first-order chi connectivity index (χ1) is 20.9. The first-order valence-electron chi connectivity index (χ1n) is 13.3. The van der Waals surface area contributed by atoms with Crippen LogP contribution in [0, 0.1) is 17.5 Å². The van der Waals surface area contributed by atoms with Gasteiger partial charge < -0.3 is 20.8 Å². The van der Waals surface area contributed by atoms with Gasteiger partial charge in [0.15, 0.2) is 6.23 Å². The average molecular weight is 650 g/mol. The monoisotopic (exact) mass is 649 g/mol. The number of hydrogen-bond acceptors (Lipinski definition) is 7. The van der Waals surface area contributed by atoms with E-state index in [1.807, 2.05) is 5.32 Å². The molecule has 45 heavy (non-hydrogen) atoms. The van der Waals surface area contributed by atoms with Gasteiger partial charge in [-0.15, -0.1) is 0 Å². The van der Waals surface area contributed by atoms with Crippen molar-refractivity contribution in [2.75, 3.05) is 18.5 Å². The van der Waals surface area contributed by atoms with Gasteiger partial charge in [-0.05, 0) is 44.0 Å². The van der Waals surface area contributed by atoms with Gasteiger partial charge in [0.05, 0.1) is 22.5 Å². The van der Waals surface area contributed by atoms with E-state index in [4.69, 9.17) is 0 Å². The number of hydrogen-bond donors (Lipinski definition) is 4. The van der Waals surface area contributed by atoms with Gasteiger partial charge in [0.1, 0.15) is 41.1 Å². The van der Waals surface area contributed by atoms with Gasteiger partial charge in [-0.1, -0.05) is 0 Å². The summed E-state index contributed by atoms with van der Waals surface area (Å²) in [5.41, 5.74) is -6.88. The van der Waals surface area contributed by atoms with Crippen molar-refractivity contribution < 1.29 is 54.5 Å². The number of halogens is 9. The highest BCUT2D eigenvalue weighted by Crippen LogP contribution is 2.43. The number of aliphatic imine (C=N–C) groups is 1. The molecule has 0 bridgehead atoms. The molecule has 2 atom stereocenters. The molecule has 3 heterocycles. The molecular formula is C28H24F9N5O3. The lowest BCUT2D eigenvalue weighted by Crippen LogP contribution is -2.62. The number of rotatable bonds is 5. The average Bonchev–Trinajstić information content (AvgIpc) is 3.34. The van der Waals surface area contributed by atoms with Crippen LogP contribution in [0.3, 0.4) is 0 Å². The number of fused-ring (bicyclic) bond motifs is 1. The number of anilines is 1. The van der Waals surface area contributed by atoms with E-state index in [1.165, 1.54) is 11.9 Å². The second-order valence-electron chi connectivity index (χ2n) is 10.7. The number of nitrogens with one attached hydrogen (secondary N) is 2. The standard InChI is InChI=1S/C28H24F9N5O3/c1-26-5-2-6-42(26)41(11-16-17(30)8-14(29)9-18(16)31)25(45)22(23(26)43)24(44)40-19-4-3-13(27(32,33)34)7-15(19)20-10-21(28(35,36)37)39-12-38-20/h3-4,7-10,25,39,43,45H,2,5-6,11-12H2,1H3,(H,40,44). The Morgan fingerprint density at radius 1 is 1.09 bits per heavy atom. The van der Waals surface area contributed by atoms with Gasteiger partial charge in [0.25, 0.3) is 5.91 Å². The maximum atomic E-state index is 14.6. The predicted molar refractivity (Wildman–Crippen MR) is 141 cm³/mol. The largest absolute Gasteiger partial charge is 0.510 e. The lowest BCUT2D eigenvalue weighted by atomic mass is 9.90. The third-order valence-electron chi connectivity index (χ3n) is 7.87. The van der Waals surface area contributed by atoms with Crippen LogP contribution in [0.5, 0.6) is 0 Å². The predicted octanol–water partition coefficient (Wildman–Crippen LogP) is 5.27. The number of benzene rings is 2. The number of carbonyl (C=O) groups is 1. The summed E-state index contributed by atoms with van der Waals surface area (Å²) < 4.78 is 123. The van der Waals surface area contributed by atoms with Gasteiger partial charge in [-0.2, -0.15) is 26.3 Å². The third-order valence-corrected chi connectivity index (χ3v) is 7.87. The van der Waals surface area contributed by atoms with Crippen molar-refractivity contribution in [1.29, 1.82) is 0 Å². The maximum Gasteiger partial charge on any atom is 0.431 e. The van der Waals surface area contributed by atoms with E-state index < -0.39 is 106 Å². The van der Waals surface area contributed by atoms with Crippen LogP contribution in [0.4, 0.5) is 45.2 Å². The van der Waals surface area contributed by atoms with Crippen LogP contribution in [0.1, 0.15) is 36.5 Å². The van der Waals surface area contributed by atoms with Gasteiger partial charge in [-0.25, -0.2) is 23.2 Å². The minimum absolute atomic E-state index is 0.168. The topological polar surface area (TPSA) is 100 Å². The molecule has 4 N–H and O–H groups in total. The summed E-state index contributed by atoms with van der Waals surface area (Å²) in [6.07, 6.45) is -10.8. The van der Waals surface area contributed by atoms with Crippen LogP contribution in [-0.2, 0) is 17.5 Å². The normalized spacial score (nSPS) is 23.0. The Labute approximate surface area is 249 Å². The Morgan fingerprint density at radius 3 is 2.38 bits per heavy atom. The first-order valence-corrected chi connectivity index (χ1v) is 13.3. The molecule has 0 saturated carbocycles. The molecule has 242 valence electrons. The number of amides is 1. The summed E-state index contributed by atoms with van der Waals surface area (Å²) in [7, 11) is 0. The van der Waals surface area contributed by atoms with E-state index in [0.29, 0.717) is 36.8 Å². The summed E-state index contributed by atoms with van der Waals surface area (Å²) in [6, 6.07) is 2.68. The minimum Gasteiger partial charge on any atom is -0.510 e. The van der Waals surface area contributed by atoms with E-state index >= 15 is 0 Å². The Balaban J connectivity index is 1.55. The number of aliphatic hydroxyl groups is 2. The fourth-order valence-corrected chi connectivity index (χ4v) is 5.60. The van der Waals surface area contributed by atoms with Crippen LogP contribution in [0.15, 0.2) is 58.4 Å². The molecule has 0 aromatic heterocycles. The number of allylic oxidation sites excluding steroid dienone is 2. The van der Waals surface area contributed by atoms with Crippen molar-refractivity contribution in [2.45, 2.75) is 50.4 Å². The Kier molecular flexibility index (Phi) is 8.16. The lowest BCUT2D eigenvalue weighted by molar-refractivity contribution is -0.179. The second-order valence-corrected chi connectivity index (χ2v) is 10.7. The lowest BCUT2D eigenvalue weighted by Gasteiger charge is -2.49. The number of nitrogens with zero attached hydrogens (tertiary/aromatic N) is 3. The van der Waals surface area contributed by atoms with Crippen molar-refractivity contribution in [1.82, 2.24) is 15.3 Å². The maximum absolute atomic E-state index is 14.6. The Bertz CT molecular complexity index is 1610. The van der Waals surface area contributed by atoms with Gasteiger partial charge in [0.2, 0.25) is 0 Å². The third kappa shape index (κ3) is 5.98. The fourth-order valence-electron chi connectivity index (χ4n) is 5.60. The molecule has 2 aromatic rings. The Hall–Kier alpha value is -4.09. The van der Waals surface area contributed by atoms with Crippen molar-refractivity contribution in [2.24, 2.45) is 4.99 Å². The second kappa shape index (κ2) is 11.4. The summed E-state index contributed by atoms with van der Waals surface area (Å²) in [4.78, 5) is 17.5. The molecule has 17 heteroatoms. The zero-order valence-electron chi connectivity index (χ0n) is 23.1. The number of hydrazine groups is 1. The molecular weight excluding hydrogens is 625 g/mol. The van der Waals surface area contributed by atoms with Crippen molar-refractivity contribution in [3.8, 4) is 0 Å². The molecule has 1 saturated heterocycles. The van der Waals surface area contributed by atoms with E-state index in [2.05, 4.69) is 10.3 Å². The highest BCUT2D eigenvalue weighted by Gasteiger charge is 2.53. The zero-order chi connectivity index (χ0) is 33.1. The zero-order valence-corrected chi connectivity index (χ0v) is 23.1. The highest BCUT2D eigenvalue weighted by molar-refractivity contribution is 6.16. The molecule has 0 spiro atoms. The van der Waals surface area contributed by atoms with Gasteiger partial charge >= 0.3 is 12.4 Å². The molecule has 0 radical (unpaired) electrons. The van der Waals surface area contributed by atoms with Crippen LogP contribution in [0.2, 0.25) is 0 Å².